The Bertz CT molecular complexity index is 374. The molecule has 1 aromatic carbocycles. The zero-order valence-corrected chi connectivity index (χ0v) is 10.0. The first-order valence-corrected chi connectivity index (χ1v) is 5.90. The van der Waals surface area contributed by atoms with Crippen molar-refractivity contribution in [1.82, 2.24) is 5.32 Å². The molecule has 4 heteroatoms. The Balaban J connectivity index is 2.45. The molecular weight excluding hydrogens is 226 g/mol. The minimum Gasteiger partial charge on any atom is -0.504 e. The van der Waals surface area contributed by atoms with Crippen LogP contribution >= 0.6 is 11.6 Å². The van der Waals surface area contributed by atoms with E-state index in [2.05, 4.69) is 5.32 Å². The molecule has 16 heavy (non-hydrogen) atoms. The molecule has 1 saturated heterocycles. The SMILES string of the molecule is Cc1c(Cl)cc(O)c(O)c1C1CCNCC1. The van der Waals surface area contributed by atoms with Crippen LogP contribution in [0, 0.1) is 6.92 Å². The van der Waals surface area contributed by atoms with E-state index < -0.39 is 0 Å². The molecular formula is C12H16ClNO2. The Kier molecular flexibility index (Phi) is 3.26. The van der Waals surface area contributed by atoms with Crippen LogP contribution in [-0.2, 0) is 0 Å². The van der Waals surface area contributed by atoms with Crippen LogP contribution in [0.15, 0.2) is 6.07 Å². The number of hydrogen-bond donors (Lipinski definition) is 3. The molecule has 1 fully saturated rings. The maximum atomic E-state index is 9.93. The number of halogens is 1. The highest BCUT2D eigenvalue weighted by Gasteiger charge is 2.23. The van der Waals surface area contributed by atoms with E-state index in [1.165, 1.54) is 6.07 Å². The molecule has 1 aliphatic rings. The van der Waals surface area contributed by atoms with Crippen molar-refractivity contribution in [3.8, 4) is 11.5 Å². The summed E-state index contributed by atoms with van der Waals surface area (Å²) in [5, 5.41) is 23.3. The van der Waals surface area contributed by atoms with Crippen molar-refractivity contribution in [3.63, 3.8) is 0 Å². The lowest BCUT2D eigenvalue weighted by molar-refractivity contribution is 0.383. The van der Waals surface area contributed by atoms with Crippen molar-refractivity contribution in [1.29, 1.82) is 0 Å². The molecule has 0 radical (unpaired) electrons. The topological polar surface area (TPSA) is 52.5 Å². The fraction of sp³-hybridized carbons (Fsp3) is 0.500. The smallest absolute Gasteiger partial charge is 0.161 e. The summed E-state index contributed by atoms with van der Waals surface area (Å²) in [5.74, 6) is 0.156. The van der Waals surface area contributed by atoms with Crippen molar-refractivity contribution >= 4 is 11.6 Å². The van der Waals surface area contributed by atoms with E-state index in [-0.39, 0.29) is 17.4 Å². The second-order valence-electron chi connectivity index (χ2n) is 4.29. The molecule has 3 nitrogen and oxygen atoms in total. The highest BCUT2D eigenvalue weighted by molar-refractivity contribution is 6.31. The number of benzene rings is 1. The lowest BCUT2D eigenvalue weighted by Crippen LogP contribution is -2.27. The molecule has 0 aliphatic carbocycles. The highest BCUT2D eigenvalue weighted by Crippen LogP contribution is 2.42. The Labute approximate surface area is 100 Å². The summed E-state index contributed by atoms with van der Waals surface area (Å²) < 4.78 is 0. The van der Waals surface area contributed by atoms with Crippen molar-refractivity contribution in [2.75, 3.05) is 13.1 Å². The maximum Gasteiger partial charge on any atom is 0.161 e. The van der Waals surface area contributed by atoms with E-state index in [1.54, 1.807) is 0 Å². The van der Waals surface area contributed by atoms with Gasteiger partial charge in [-0.25, -0.2) is 0 Å². The summed E-state index contributed by atoms with van der Waals surface area (Å²) in [7, 11) is 0. The van der Waals surface area contributed by atoms with E-state index in [0.29, 0.717) is 5.02 Å². The summed E-state index contributed by atoms with van der Waals surface area (Å²) in [6.45, 7) is 3.77. The molecule has 0 atom stereocenters. The van der Waals surface area contributed by atoms with Crippen molar-refractivity contribution in [2.45, 2.75) is 25.7 Å². The predicted octanol–water partition coefficient (Wildman–Crippen LogP) is 2.53. The van der Waals surface area contributed by atoms with Gasteiger partial charge in [0.15, 0.2) is 11.5 Å². The van der Waals surface area contributed by atoms with Crippen LogP contribution in [0.2, 0.25) is 5.02 Å². The summed E-state index contributed by atoms with van der Waals surface area (Å²) in [4.78, 5) is 0. The molecule has 0 aromatic heterocycles. The van der Waals surface area contributed by atoms with Crippen LogP contribution in [0.5, 0.6) is 11.5 Å². The summed E-state index contributed by atoms with van der Waals surface area (Å²) in [6, 6.07) is 1.40. The Morgan fingerprint density at radius 2 is 1.94 bits per heavy atom. The predicted molar refractivity (Wildman–Crippen MR) is 64.4 cm³/mol. The van der Waals surface area contributed by atoms with E-state index in [9.17, 15) is 10.2 Å². The first-order chi connectivity index (χ1) is 7.61. The van der Waals surface area contributed by atoms with Gasteiger partial charge in [0.25, 0.3) is 0 Å². The number of nitrogens with one attached hydrogen (secondary N) is 1. The normalized spacial score (nSPS) is 17.6. The van der Waals surface area contributed by atoms with Gasteiger partial charge < -0.3 is 15.5 Å². The lowest BCUT2D eigenvalue weighted by Gasteiger charge is -2.25. The largest absolute Gasteiger partial charge is 0.504 e. The molecule has 1 aliphatic heterocycles. The second kappa shape index (κ2) is 4.52. The number of phenols is 2. The van der Waals surface area contributed by atoms with Gasteiger partial charge in [-0.15, -0.1) is 0 Å². The van der Waals surface area contributed by atoms with Gasteiger partial charge in [-0.05, 0) is 44.3 Å². The fourth-order valence-electron chi connectivity index (χ4n) is 2.35. The first-order valence-electron chi connectivity index (χ1n) is 5.53. The zero-order chi connectivity index (χ0) is 11.7. The van der Waals surface area contributed by atoms with Crippen molar-refractivity contribution in [2.24, 2.45) is 0 Å². The fourth-order valence-corrected chi connectivity index (χ4v) is 2.56. The van der Waals surface area contributed by atoms with Crippen LogP contribution in [0.3, 0.4) is 0 Å². The molecule has 0 saturated carbocycles. The Morgan fingerprint density at radius 1 is 1.31 bits per heavy atom. The molecule has 88 valence electrons. The van der Waals surface area contributed by atoms with E-state index >= 15 is 0 Å². The van der Waals surface area contributed by atoms with Crippen LogP contribution in [-0.4, -0.2) is 23.3 Å². The van der Waals surface area contributed by atoms with Gasteiger partial charge in [-0.3, -0.25) is 0 Å². The van der Waals surface area contributed by atoms with Gasteiger partial charge in [0, 0.05) is 16.7 Å². The molecule has 0 amide bonds. The van der Waals surface area contributed by atoms with Gasteiger partial charge >= 0.3 is 0 Å². The quantitative estimate of drug-likeness (QED) is 0.663. The van der Waals surface area contributed by atoms with Gasteiger partial charge in [0.2, 0.25) is 0 Å². The average Bonchev–Trinajstić information content (AvgIpc) is 2.28. The number of piperidine rings is 1. The first kappa shape index (κ1) is 11.6. The molecule has 0 spiro atoms. The minimum absolute atomic E-state index is 0.00574. The van der Waals surface area contributed by atoms with Crippen LogP contribution in [0.25, 0.3) is 0 Å². The maximum absolute atomic E-state index is 9.93. The van der Waals surface area contributed by atoms with Crippen LogP contribution in [0.1, 0.15) is 29.9 Å². The Morgan fingerprint density at radius 3 is 2.56 bits per heavy atom. The third-order valence-corrected chi connectivity index (χ3v) is 3.66. The number of rotatable bonds is 1. The standard InChI is InChI=1S/C12H16ClNO2/c1-7-9(13)6-10(15)12(16)11(7)8-2-4-14-5-3-8/h6,8,14-16H,2-5H2,1H3. The minimum atomic E-state index is -0.121. The number of hydrogen-bond acceptors (Lipinski definition) is 3. The molecule has 2 rings (SSSR count). The molecule has 1 heterocycles. The monoisotopic (exact) mass is 241 g/mol. The van der Waals surface area contributed by atoms with E-state index in [0.717, 1.165) is 37.1 Å². The van der Waals surface area contributed by atoms with Gasteiger partial charge in [-0.2, -0.15) is 0 Å². The molecule has 1 aromatic rings. The summed E-state index contributed by atoms with van der Waals surface area (Å²) in [6.07, 6.45) is 1.93. The highest BCUT2D eigenvalue weighted by atomic mass is 35.5. The van der Waals surface area contributed by atoms with Gasteiger partial charge in [0.05, 0.1) is 0 Å². The van der Waals surface area contributed by atoms with Crippen LogP contribution < -0.4 is 5.32 Å². The Hall–Kier alpha value is -0.930. The lowest BCUT2D eigenvalue weighted by atomic mass is 9.86. The van der Waals surface area contributed by atoms with Gasteiger partial charge in [-0.1, -0.05) is 11.6 Å². The molecule has 0 unspecified atom stereocenters. The third kappa shape index (κ3) is 1.97. The van der Waals surface area contributed by atoms with Gasteiger partial charge in [0.1, 0.15) is 0 Å². The second-order valence-corrected chi connectivity index (χ2v) is 4.70. The number of aromatic hydroxyl groups is 2. The number of phenolic OH excluding ortho intramolecular Hbond substituents is 2. The molecule has 0 bridgehead atoms. The van der Waals surface area contributed by atoms with Crippen molar-refractivity contribution < 1.29 is 10.2 Å². The summed E-state index contributed by atoms with van der Waals surface area (Å²) in [5.41, 5.74) is 1.69. The van der Waals surface area contributed by atoms with Crippen LogP contribution in [0.4, 0.5) is 0 Å². The van der Waals surface area contributed by atoms with E-state index in [4.69, 9.17) is 11.6 Å². The molecule has 3 N–H and O–H groups in total. The average molecular weight is 242 g/mol. The van der Waals surface area contributed by atoms with E-state index in [1.807, 2.05) is 6.92 Å². The summed E-state index contributed by atoms with van der Waals surface area (Å²) >= 11 is 6.02. The van der Waals surface area contributed by atoms with Crippen molar-refractivity contribution in [3.05, 3.63) is 22.2 Å². The third-order valence-electron chi connectivity index (χ3n) is 3.27. The zero-order valence-electron chi connectivity index (χ0n) is 9.26.